The number of rotatable bonds is 2. The van der Waals surface area contributed by atoms with Crippen LogP contribution in [0.2, 0.25) is 0 Å². The number of hydrogen-bond donors (Lipinski definition) is 2. The van der Waals surface area contributed by atoms with E-state index < -0.39 is 0 Å². The third kappa shape index (κ3) is 2.13. The highest BCUT2D eigenvalue weighted by molar-refractivity contribution is 5.79. The summed E-state index contributed by atoms with van der Waals surface area (Å²) in [4.78, 5) is 22.8. The molecule has 16 heavy (non-hydrogen) atoms. The summed E-state index contributed by atoms with van der Waals surface area (Å²) < 4.78 is 0. The van der Waals surface area contributed by atoms with Gasteiger partial charge in [-0.1, -0.05) is 0 Å². The van der Waals surface area contributed by atoms with E-state index in [1.807, 2.05) is 6.92 Å². The number of carbonyl (C=O) groups excluding carboxylic acids is 1. The topological polar surface area (TPSA) is 74.8 Å². The molecule has 1 aliphatic rings. The zero-order valence-corrected chi connectivity index (χ0v) is 9.25. The Morgan fingerprint density at radius 2 is 2.50 bits per heavy atom. The smallest absolute Gasteiger partial charge is 0.264 e. The van der Waals surface area contributed by atoms with Gasteiger partial charge in [0, 0.05) is 18.5 Å². The Bertz CT molecular complexity index is 453. The second-order valence-electron chi connectivity index (χ2n) is 4.04. The Kier molecular flexibility index (Phi) is 3.03. The molecule has 86 valence electrons. The fourth-order valence-electron chi connectivity index (χ4n) is 2.08. The molecule has 0 saturated heterocycles. The van der Waals surface area contributed by atoms with Crippen LogP contribution in [0.4, 0.5) is 0 Å². The van der Waals surface area contributed by atoms with Gasteiger partial charge >= 0.3 is 0 Å². The van der Waals surface area contributed by atoms with Crippen LogP contribution in [0.15, 0.2) is 10.9 Å². The summed E-state index contributed by atoms with van der Waals surface area (Å²) in [6, 6.07) is 1.55. The lowest BCUT2D eigenvalue weighted by Crippen LogP contribution is -2.34. The van der Waals surface area contributed by atoms with Crippen LogP contribution in [0, 0.1) is 5.92 Å². The summed E-state index contributed by atoms with van der Waals surface area (Å²) in [6.07, 6.45) is 2.18. The number of hydrogen-bond acceptors (Lipinski definition) is 3. The Morgan fingerprint density at radius 1 is 1.69 bits per heavy atom. The minimum atomic E-state index is -0.199. The molecule has 0 saturated carbocycles. The molecule has 0 fully saturated rings. The monoisotopic (exact) mass is 221 g/mol. The van der Waals surface area contributed by atoms with E-state index >= 15 is 0 Å². The van der Waals surface area contributed by atoms with E-state index in [4.69, 9.17) is 0 Å². The molecule has 1 heterocycles. The van der Waals surface area contributed by atoms with Crippen LogP contribution in [0.25, 0.3) is 0 Å². The predicted octanol–water partition coefficient (Wildman–Crippen LogP) is 0.0109. The van der Waals surface area contributed by atoms with E-state index in [-0.39, 0.29) is 17.4 Å². The number of H-pyrrole nitrogens is 1. The Labute approximate surface area is 93.3 Å². The Balaban J connectivity index is 2.16. The maximum atomic E-state index is 11.7. The average Bonchev–Trinajstić information content (AvgIpc) is 2.28. The van der Waals surface area contributed by atoms with Crippen LogP contribution in [0.1, 0.15) is 24.6 Å². The number of carbonyl (C=O) groups is 1. The van der Waals surface area contributed by atoms with E-state index in [1.54, 1.807) is 6.07 Å². The maximum Gasteiger partial charge on any atom is 0.264 e. The van der Waals surface area contributed by atoms with Crippen molar-refractivity contribution in [3.63, 3.8) is 0 Å². The molecule has 0 spiro atoms. The van der Waals surface area contributed by atoms with Crippen molar-refractivity contribution in [1.82, 2.24) is 15.5 Å². The fourth-order valence-corrected chi connectivity index (χ4v) is 2.08. The highest BCUT2D eigenvalue weighted by Crippen LogP contribution is 2.22. The Hall–Kier alpha value is -1.65. The van der Waals surface area contributed by atoms with Crippen molar-refractivity contribution in [2.45, 2.75) is 26.2 Å². The van der Waals surface area contributed by atoms with Gasteiger partial charge in [0.2, 0.25) is 5.91 Å². The van der Waals surface area contributed by atoms with Gasteiger partial charge in [-0.2, -0.15) is 5.10 Å². The second kappa shape index (κ2) is 4.47. The first-order valence-electron chi connectivity index (χ1n) is 5.56. The molecule has 0 aromatic carbocycles. The van der Waals surface area contributed by atoms with Gasteiger partial charge < -0.3 is 5.32 Å². The van der Waals surface area contributed by atoms with Crippen LogP contribution >= 0.6 is 0 Å². The van der Waals surface area contributed by atoms with Gasteiger partial charge in [-0.15, -0.1) is 0 Å². The zero-order valence-electron chi connectivity index (χ0n) is 9.25. The average molecular weight is 221 g/mol. The van der Waals surface area contributed by atoms with Crippen molar-refractivity contribution < 1.29 is 4.79 Å². The van der Waals surface area contributed by atoms with Gasteiger partial charge in [0.1, 0.15) is 0 Å². The number of amides is 1. The molecule has 1 aromatic rings. The van der Waals surface area contributed by atoms with Crippen molar-refractivity contribution in [3.8, 4) is 0 Å². The minimum absolute atomic E-state index is 0.0175. The SMILES string of the molecule is CCNC(=O)[C@@H]1CCc2n[nH]c(=O)cc2C1. The molecule has 0 bridgehead atoms. The molecule has 1 aliphatic carbocycles. The molecule has 2 rings (SSSR count). The van der Waals surface area contributed by atoms with Crippen LogP contribution in [0.5, 0.6) is 0 Å². The number of nitrogens with zero attached hydrogens (tertiary/aromatic N) is 1. The summed E-state index contributed by atoms with van der Waals surface area (Å²) in [5, 5.41) is 9.23. The van der Waals surface area contributed by atoms with Gasteiger partial charge in [0.25, 0.3) is 5.56 Å². The third-order valence-corrected chi connectivity index (χ3v) is 2.89. The van der Waals surface area contributed by atoms with Gasteiger partial charge in [0.15, 0.2) is 0 Å². The number of nitrogens with one attached hydrogen (secondary N) is 2. The van der Waals surface area contributed by atoms with Crippen molar-refractivity contribution in [2.24, 2.45) is 5.92 Å². The summed E-state index contributed by atoms with van der Waals surface area (Å²) in [5.41, 5.74) is 1.63. The lowest BCUT2D eigenvalue weighted by Gasteiger charge is -2.22. The van der Waals surface area contributed by atoms with Crippen molar-refractivity contribution in [3.05, 3.63) is 27.7 Å². The highest BCUT2D eigenvalue weighted by atomic mass is 16.2. The second-order valence-corrected chi connectivity index (χ2v) is 4.04. The van der Waals surface area contributed by atoms with E-state index in [0.717, 1.165) is 24.1 Å². The predicted molar refractivity (Wildman–Crippen MR) is 59.1 cm³/mol. The van der Waals surface area contributed by atoms with Crippen molar-refractivity contribution in [2.75, 3.05) is 6.54 Å². The molecular weight excluding hydrogens is 206 g/mol. The van der Waals surface area contributed by atoms with Crippen LogP contribution in [-0.2, 0) is 17.6 Å². The quantitative estimate of drug-likeness (QED) is 0.738. The summed E-state index contributed by atoms with van der Waals surface area (Å²) >= 11 is 0. The minimum Gasteiger partial charge on any atom is -0.356 e. The molecule has 1 aromatic heterocycles. The standard InChI is InChI=1S/C11H15N3O2/c1-2-12-11(16)7-3-4-9-8(5-7)6-10(15)14-13-9/h6-7H,2-5H2,1H3,(H,12,16)(H,14,15)/t7-/m1/s1. The van der Waals surface area contributed by atoms with E-state index in [2.05, 4.69) is 15.5 Å². The summed E-state index contributed by atoms with van der Waals surface area (Å²) in [5.74, 6) is 0.0597. The molecular formula is C11H15N3O2. The first kappa shape index (κ1) is 10.9. The van der Waals surface area contributed by atoms with Gasteiger partial charge in [-0.3, -0.25) is 9.59 Å². The van der Waals surface area contributed by atoms with E-state index in [9.17, 15) is 9.59 Å². The van der Waals surface area contributed by atoms with E-state index in [1.165, 1.54) is 0 Å². The molecule has 5 nitrogen and oxygen atoms in total. The zero-order chi connectivity index (χ0) is 11.5. The number of fused-ring (bicyclic) bond motifs is 1. The lowest BCUT2D eigenvalue weighted by molar-refractivity contribution is -0.125. The fraction of sp³-hybridized carbons (Fsp3) is 0.545. The molecule has 5 heteroatoms. The van der Waals surface area contributed by atoms with Crippen LogP contribution in [-0.4, -0.2) is 22.6 Å². The van der Waals surface area contributed by atoms with Gasteiger partial charge in [-0.25, -0.2) is 5.10 Å². The normalized spacial score (nSPS) is 18.9. The first-order valence-corrected chi connectivity index (χ1v) is 5.56. The number of aryl methyl sites for hydroxylation is 1. The number of aromatic nitrogens is 2. The third-order valence-electron chi connectivity index (χ3n) is 2.89. The number of aromatic amines is 1. The summed E-state index contributed by atoms with van der Waals surface area (Å²) in [6.45, 7) is 2.55. The van der Waals surface area contributed by atoms with Gasteiger partial charge in [0.05, 0.1) is 5.69 Å². The molecule has 1 atom stereocenters. The van der Waals surface area contributed by atoms with Crippen molar-refractivity contribution >= 4 is 5.91 Å². The molecule has 0 radical (unpaired) electrons. The molecule has 0 unspecified atom stereocenters. The highest BCUT2D eigenvalue weighted by Gasteiger charge is 2.25. The van der Waals surface area contributed by atoms with Gasteiger partial charge in [-0.05, 0) is 31.7 Å². The molecule has 0 aliphatic heterocycles. The molecule has 1 amide bonds. The first-order chi connectivity index (χ1) is 7.70. The summed E-state index contributed by atoms with van der Waals surface area (Å²) in [7, 11) is 0. The lowest BCUT2D eigenvalue weighted by atomic mass is 9.86. The van der Waals surface area contributed by atoms with Crippen LogP contribution in [0.3, 0.4) is 0 Å². The molecule has 2 N–H and O–H groups in total. The van der Waals surface area contributed by atoms with Crippen molar-refractivity contribution in [1.29, 1.82) is 0 Å². The van der Waals surface area contributed by atoms with E-state index in [0.29, 0.717) is 13.0 Å². The Morgan fingerprint density at radius 3 is 3.25 bits per heavy atom. The maximum absolute atomic E-state index is 11.7. The van der Waals surface area contributed by atoms with Crippen LogP contribution < -0.4 is 10.9 Å². The largest absolute Gasteiger partial charge is 0.356 e.